The molecule has 0 bridgehead atoms. The molecule has 2 aliphatic heterocycles. The summed E-state index contributed by atoms with van der Waals surface area (Å²) in [7, 11) is 0. The Morgan fingerprint density at radius 1 is 1.00 bits per heavy atom. The number of hydrogen-bond donors (Lipinski definition) is 2. The molecule has 0 aromatic carbocycles. The lowest BCUT2D eigenvalue weighted by Crippen LogP contribution is -2.46. The molecule has 2 unspecified atom stereocenters. The number of carboxylic acids is 1. The minimum absolute atomic E-state index is 0.0930. The van der Waals surface area contributed by atoms with Crippen LogP contribution in [0.3, 0.4) is 0 Å². The number of aliphatic hydroxyl groups is 1. The lowest BCUT2D eigenvalue weighted by molar-refractivity contribution is -0.137. The van der Waals surface area contributed by atoms with Gasteiger partial charge in [-0.05, 0) is 43.9 Å². The highest BCUT2D eigenvalue weighted by molar-refractivity contribution is 5.75. The Balaban J connectivity index is 1.80. The SMILES string of the molecule is O=C(O)CCC1CCCN(C(=O)N2CCC(CCO)C2)C1. The number of aliphatic hydroxyl groups excluding tert-OH is 1. The lowest BCUT2D eigenvalue weighted by atomic mass is 9.93. The van der Waals surface area contributed by atoms with E-state index in [-0.39, 0.29) is 19.1 Å². The van der Waals surface area contributed by atoms with E-state index < -0.39 is 5.97 Å². The van der Waals surface area contributed by atoms with Crippen LogP contribution in [-0.4, -0.2) is 64.8 Å². The van der Waals surface area contributed by atoms with Crippen molar-refractivity contribution in [2.45, 2.75) is 38.5 Å². The first-order valence-corrected chi connectivity index (χ1v) is 7.96. The smallest absolute Gasteiger partial charge is 0.320 e. The molecule has 0 aliphatic carbocycles. The van der Waals surface area contributed by atoms with Crippen LogP contribution in [0.25, 0.3) is 0 Å². The summed E-state index contributed by atoms with van der Waals surface area (Å²) in [5.41, 5.74) is 0. The van der Waals surface area contributed by atoms with Crippen molar-refractivity contribution >= 4 is 12.0 Å². The molecule has 2 fully saturated rings. The Kier molecular flexibility index (Phi) is 5.85. The van der Waals surface area contributed by atoms with Gasteiger partial charge in [0.05, 0.1) is 0 Å². The topological polar surface area (TPSA) is 81.1 Å². The third-order valence-corrected chi connectivity index (χ3v) is 4.65. The van der Waals surface area contributed by atoms with Crippen molar-refractivity contribution in [1.82, 2.24) is 9.80 Å². The molecule has 0 aromatic heterocycles. The third-order valence-electron chi connectivity index (χ3n) is 4.65. The molecule has 2 rings (SSSR count). The summed E-state index contributed by atoms with van der Waals surface area (Å²) in [4.78, 5) is 26.9. The molecule has 2 amide bonds. The Labute approximate surface area is 125 Å². The van der Waals surface area contributed by atoms with Crippen LogP contribution >= 0.6 is 0 Å². The standard InChI is InChI=1S/C15H26N2O4/c18-9-6-13-5-8-17(11-13)15(21)16-7-1-2-12(10-16)3-4-14(19)20/h12-13,18H,1-11H2,(H,19,20). The fraction of sp³-hybridized carbons (Fsp3) is 0.867. The summed E-state index contributed by atoms with van der Waals surface area (Å²) in [6.07, 6.45) is 4.57. The molecule has 2 atom stereocenters. The zero-order chi connectivity index (χ0) is 15.2. The molecule has 2 saturated heterocycles. The maximum atomic E-state index is 12.5. The average Bonchev–Trinajstić information content (AvgIpc) is 2.94. The van der Waals surface area contributed by atoms with Crippen LogP contribution in [0.15, 0.2) is 0 Å². The highest BCUT2D eigenvalue weighted by Gasteiger charge is 2.31. The number of aliphatic carboxylic acids is 1. The second kappa shape index (κ2) is 7.64. The summed E-state index contributed by atoms with van der Waals surface area (Å²) >= 11 is 0. The molecule has 2 aliphatic rings. The van der Waals surface area contributed by atoms with Crippen molar-refractivity contribution in [3.05, 3.63) is 0 Å². The van der Waals surface area contributed by atoms with E-state index in [4.69, 9.17) is 10.2 Å². The number of rotatable bonds is 5. The van der Waals surface area contributed by atoms with Gasteiger partial charge < -0.3 is 20.0 Å². The quantitative estimate of drug-likeness (QED) is 0.803. The molecular weight excluding hydrogens is 272 g/mol. The minimum Gasteiger partial charge on any atom is -0.481 e. The molecular formula is C15H26N2O4. The fourth-order valence-corrected chi connectivity index (χ4v) is 3.43. The predicted molar refractivity (Wildman–Crippen MR) is 77.9 cm³/mol. The van der Waals surface area contributed by atoms with Crippen molar-refractivity contribution in [3.8, 4) is 0 Å². The van der Waals surface area contributed by atoms with Crippen LogP contribution in [0.1, 0.15) is 38.5 Å². The van der Waals surface area contributed by atoms with Crippen molar-refractivity contribution in [1.29, 1.82) is 0 Å². The van der Waals surface area contributed by atoms with Gasteiger partial charge in [0.2, 0.25) is 0 Å². The number of nitrogens with zero attached hydrogens (tertiary/aromatic N) is 2. The largest absolute Gasteiger partial charge is 0.481 e. The van der Waals surface area contributed by atoms with Crippen molar-refractivity contribution in [2.24, 2.45) is 11.8 Å². The van der Waals surface area contributed by atoms with Gasteiger partial charge in [-0.3, -0.25) is 4.79 Å². The monoisotopic (exact) mass is 298 g/mol. The Hall–Kier alpha value is -1.30. The fourth-order valence-electron chi connectivity index (χ4n) is 3.43. The summed E-state index contributed by atoms with van der Waals surface area (Å²) in [5.74, 6) is -0.0222. The summed E-state index contributed by atoms with van der Waals surface area (Å²) < 4.78 is 0. The molecule has 21 heavy (non-hydrogen) atoms. The molecule has 2 heterocycles. The second-order valence-electron chi connectivity index (χ2n) is 6.28. The zero-order valence-corrected chi connectivity index (χ0v) is 12.5. The van der Waals surface area contributed by atoms with Crippen LogP contribution in [0.2, 0.25) is 0 Å². The molecule has 2 N–H and O–H groups in total. The number of carbonyl (C=O) groups is 2. The minimum atomic E-state index is -0.759. The maximum Gasteiger partial charge on any atom is 0.320 e. The summed E-state index contributed by atoms with van der Waals surface area (Å²) in [6, 6.07) is 0.0930. The summed E-state index contributed by atoms with van der Waals surface area (Å²) in [5, 5.41) is 17.7. The molecule has 0 aromatic rings. The van der Waals surface area contributed by atoms with E-state index in [2.05, 4.69) is 0 Å². The Bertz CT molecular complexity index is 375. The first-order valence-electron chi connectivity index (χ1n) is 7.96. The predicted octanol–water partition coefficient (Wildman–Crippen LogP) is 1.39. The second-order valence-corrected chi connectivity index (χ2v) is 6.28. The lowest BCUT2D eigenvalue weighted by Gasteiger charge is -2.35. The Morgan fingerprint density at radius 2 is 1.67 bits per heavy atom. The van der Waals surface area contributed by atoms with E-state index in [0.29, 0.717) is 24.8 Å². The number of piperidine rings is 1. The van der Waals surface area contributed by atoms with Gasteiger partial charge in [0, 0.05) is 39.2 Å². The molecule has 0 radical (unpaired) electrons. The van der Waals surface area contributed by atoms with Gasteiger partial charge in [-0.15, -0.1) is 0 Å². The number of carboxylic acid groups (broad SMARTS) is 1. The molecule has 6 nitrogen and oxygen atoms in total. The molecule has 0 saturated carbocycles. The van der Waals surface area contributed by atoms with Crippen LogP contribution in [-0.2, 0) is 4.79 Å². The van der Waals surface area contributed by atoms with Crippen LogP contribution in [0, 0.1) is 11.8 Å². The zero-order valence-electron chi connectivity index (χ0n) is 12.5. The molecule has 6 heteroatoms. The van der Waals surface area contributed by atoms with Crippen molar-refractivity contribution < 1.29 is 19.8 Å². The van der Waals surface area contributed by atoms with Gasteiger partial charge in [-0.25, -0.2) is 4.79 Å². The van der Waals surface area contributed by atoms with Crippen molar-refractivity contribution in [3.63, 3.8) is 0 Å². The van der Waals surface area contributed by atoms with Crippen molar-refractivity contribution in [2.75, 3.05) is 32.8 Å². The summed E-state index contributed by atoms with van der Waals surface area (Å²) in [6.45, 7) is 3.18. The van der Waals surface area contributed by atoms with Gasteiger partial charge in [-0.1, -0.05) is 0 Å². The average molecular weight is 298 g/mol. The van der Waals surface area contributed by atoms with Gasteiger partial charge in [0.1, 0.15) is 0 Å². The van der Waals surface area contributed by atoms with E-state index in [9.17, 15) is 9.59 Å². The molecule has 120 valence electrons. The highest BCUT2D eigenvalue weighted by atomic mass is 16.4. The van der Waals surface area contributed by atoms with E-state index in [0.717, 1.165) is 45.3 Å². The number of urea groups is 1. The first kappa shape index (κ1) is 16.1. The van der Waals surface area contributed by atoms with Gasteiger partial charge >= 0.3 is 12.0 Å². The van der Waals surface area contributed by atoms with Gasteiger partial charge in [-0.2, -0.15) is 0 Å². The van der Waals surface area contributed by atoms with Crippen LogP contribution in [0.5, 0.6) is 0 Å². The van der Waals surface area contributed by atoms with E-state index >= 15 is 0 Å². The number of hydrogen-bond acceptors (Lipinski definition) is 3. The van der Waals surface area contributed by atoms with Crippen LogP contribution < -0.4 is 0 Å². The number of amides is 2. The van der Waals surface area contributed by atoms with Gasteiger partial charge in [0.15, 0.2) is 0 Å². The van der Waals surface area contributed by atoms with Crippen LogP contribution in [0.4, 0.5) is 4.79 Å². The maximum absolute atomic E-state index is 12.5. The van der Waals surface area contributed by atoms with E-state index in [1.165, 1.54) is 0 Å². The van der Waals surface area contributed by atoms with E-state index in [1.54, 1.807) is 0 Å². The third kappa shape index (κ3) is 4.59. The number of carbonyl (C=O) groups excluding carboxylic acids is 1. The number of likely N-dealkylation sites (tertiary alicyclic amines) is 2. The van der Waals surface area contributed by atoms with Gasteiger partial charge in [0.25, 0.3) is 0 Å². The van der Waals surface area contributed by atoms with E-state index in [1.807, 2.05) is 9.80 Å². The first-order chi connectivity index (χ1) is 10.1. The molecule has 0 spiro atoms. The Morgan fingerprint density at radius 3 is 2.33 bits per heavy atom. The normalized spacial score (nSPS) is 26.1. The highest BCUT2D eigenvalue weighted by Crippen LogP contribution is 2.25.